The number of aromatic nitrogens is 1. The normalized spacial score (nSPS) is 16.9. The predicted octanol–water partition coefficient (Wildman–Crippen LogP) is 0.347. The molecule has 0 bridgehead atoms. The molecule has 1 saturated heterocycles. The van der Waals surface area contributed by atoms with Gasteiger partial charge in [-0.3, -0.25) is 14.6 Å². The highest BCUT2D eigenvalue weighted by atomic mass is 16.2. The van der Waals surface area contributed by atoms with Gasteiger partial charge >= 0.3 is 0 Å². The molecule has 2 rings (SSSR count). The van der Waals surface area contributed by atoms with Crippen molar-refractivity contribution in [2.24, 2.45) is 5.73 Å². The second-order valence-electron chi connectivity index (χ2n) is 5.25. The van der Waals surface area contributed by atoms with E-state index in [9.17, 15) is 9.59 Å². The van der Waals surface area contributed by atoms with Crippen molar-refractivity contribution in [2.45, 2.75) is 18.9 Å². The lowest BCUT2D eigenvalue weighted by molar-refractivity contribution is 0.0658. The zero-order chi connectivity index (χ0) is 14.7. The summed E-state index contributed by atoms with van der Waals surface area (Å²) in [6.07, 6.45) is 3.37. The number of hydrogen-bond acceptors (Lipinski definition) is 4. The van der Waals surface area contributed by atoms with Gasteiger partial charge in [0, 0.05) is 19.3 Å². The lowest BCUT2D eigenvalue weighted by Crippen LogP contribution is -2.44. The van der Waals surface area contributed by atoms with Crippen molar-refractivity contribution in [1.29, 1.82) is 0 Å². The molecule has 6 nitrogen and oxygen atoms in total. The average molecular weight is 276 g/mol. The molecule has 1 aromatic heterocycles. The van der Waals surface area contributed by atoms with Crippen LogP contribution in [0.15, 0.2) is 18.3 Å². The molecule has 6 heteroatoms. The fourth-order valence-electron chi connectivity index (χ4n) is 2.42. The van der Waals surface area contributed by atoms with Gasteiger partial charge in [-0.25, -0.2) is 0 Å². The van der Waals surface area contributed by atoms with E-state index in [0.29, 0.717) is 5.56 Å². The van der Waals surface area contributed by atoms with E-state index < -0.39 is 5.91 Å². The average Bonchev–Trinajstić information content (AvgIpc) is 2.46. The Morgan fingerprint density at radius 3 is 2.50 bits per heavy atom. The van der Waals surface area contributed by atoms with Gasteiger partial charge in [0.05, 0.1) is 5.56 Å². The van der Waals surface area contributed by atoms with Gasteiger partial charge in [-0.1, -0.05) is 0 Å². The summed E-state index contributed by atoms with van der Waals surface area (Å²) in [7, 11) is 3.91. The Morgan fingerprint density at radius 1 is 1.35 bits per heavy atom. The van der Waals surface area contributed by atoms with E-state index in [1.54, 1.807) is 11.0 Å². The van der Waals surface area contributed by atoms with Gasteiger partial charge in [0.25, 0.3) is 11.8 Å². The first-order valence-corrected chi connectivity index (χ1v) is 6.70. The summed E-state index contributed by atoms with van der Waals surface area (Å²) in [5, 5.41) is 0. The molecule has 0 radical (unpaired) electrons. The zero-order valence-corrected chi connectivity index (χ0v) is 11.9. The number of pyridine rings is 1. The van der Waals surface area contributed by atoms with Gasteiger partial charge in [0.2, 0.25) is 0 Å². The van der Waals surface area contributed by atoms with Crippen LogP contribution in [-0.2, 0) is 0 Å². The Morgan fingerprint density at radius 2 is 2.00 bits per heavy atom. The number of primary amides is 1. The minimum atomic E-state index is -0.590. The van der Waals surface area contributed by atoms with Crippen molar-refractivity contribution in [1.82, 2.24) is 14.8 Å². The van der Waals surface area contributed by atoms with Crippen LogP contribution in [0.4, 0.5) is 0 Å². The summed E-state index contributed by atoms with van der Waals surface area (Å²) < 4.78 is 0. The molecule has 0 unspecified atom stereocenters. The SMILES string of the molecule is CN1CCC(N(C)C(=O)c2ccc(C(N)=O)nc2)CC1. The molecule has 2 amide bonds. The molecule has 0 saturated carbocycles. The summed E-state index contributed by atoms with van der Waals surface area (Å²) in [6, 6.07) is 3.34. The summed E-state index contributed by atoms with van der Waals surface area (Å²) in [4.78, 5) is 31.3. The molecule has 0 spiro atoms. The van der Waals surface area contributed by atoms with Crippen LogP contribution in [0.25, 0.3) is 0 Å². The topological polar surface area (TPSA) is 79.5 Å². The molecular weight excluding hydrogens is 256 g/mol. The molecule has 0 atom stereocenters. The first kappa shape index (κ1) is 14.5. The molecular formula is C14H20N4O2. The molecule has 0 aromatic carbocycles. The molecule has 1 aliphatic heterocycles. The summed E-state index contributed by atoms with van der Waals surface area (Å²) in [5.41, 5.74) is 5.78. The second kappa shape index (κ2) is 6.00. The van der Waals surface area contributed by atoms with E-state index in [-0.39, 0.29) is 17.6 Å². The number of amides is 2. The Balaban J connectivity index is 2.04. The number of nitrogens with two attached hydrogens (primary N) is 1. The molecule has 2 heterocycles. The summed E-state index contributed by atoms with van der Waals surface area (Å²) in [6.45, 7) is 2.00. The molecule has 2 N–H and O–H groups in total. The Kier molecular flexibility index (Phi) is 4.34. The number of rotatable bonds is 3. The molecule has 20 heavy (non-hydrogen) atoms. The number of hydrogen-bond donors (Lipinski definition) is 1. The van der Waals surface area contributed by atoms with Gasteiger partial charge in [0.15, 0.2) is 0 Å². The molecule has 1 aromatic rings. The maximum absolute atomic E-state index is 12.4. The van der Waals surface area contributed by atoms with Crippen molar-refractivity contribution in [3.05, 3.63) is 29.6 Å². The van der Waals surface area contributed by atoms with E-state index in [0.717, 1.165) is 25.9 Å². The van der Waals surface area contributed by atoms with Crippen LogP contribution in [0.3, 0.4) is 0 Å². The van der Waals surface area contributed by atoms with E-state index in [1.807, 2.05) is 7.05 Å². The number of carbonyl (C=O) groups excluding carboxylic acids is 2. The third kappa shape index (κ3) is 3.14. The summed E-state index contributed by atoms with van der Waals surface area (Å²) in [5.74, 6) is -0.657. The fourth-order valence-corrected chi connectivity index (χ4v) is 2.42. The van der Waals surface area contributed by atoms with Gasteiger partial charge in [0.1, 0.15) is 5.69 Å². The van der Waals surface area contributed by atoms with E-state index >= 15 is 0 Å². The third-order valence-electron chi connectivity index (χ3n) is 3.82. The van der Waals surface area contributed by atoms with Gasteiger partial charge in [-0.15, -0.1) is 0 Å². The van der Waals surface area contributed by atoms with Crippen LogP contribution in [-0.4, -0.2) is 59.8 Å². The lowest BCUT2D eigenvalue weighted by Gasteiger charge is -2.35. The maximum Gasteiger partial charge on any atom is 0.267 e. The highest BCUT2D eigenvalue weighted by Gasteiger charge is 2.24. The Bertz CT molecular complexity index is 492. The van der Waals surface area contributed by atoms with Gasteiger partial charge in [-0.05, 0) is 45.1 Å². The molecule has 1 aliphatic rings. The van der Waals surface area contributed by atoms with Gasteiger partial charge < -0.3 is 15.5 Å². The third-order valence-corrected chi connectivity index (χ3v) is 3.82. The summed E-state index contributed by atoms with van der Waals surface area (Å²) >= 11 is 0. The first-order chi connectivity index (χ1) is 9.49. The lowest BCUT2D eigenvalue weighted by atomic mass is 10.0. The van der Waals surface area contributed by atoms with E-state index in [1.165, 1.54) is 12.3 Å². The monoisotopic (exact) mass is 276 g/mol. The van der Waals surface area contributed by atoms with Crippen molar-refractivity contribution >= 4 is 11.8 Å². The number of carbonyl (C=O) groups is 2. The fraction of sp³-hybridized carbons (Fsp3) is 0.500. The standard InChI is InChI=1S/C14H20N4O2/c1-17-7-5-11(6-8-17)18(2)14(20)10-3-4-12(13(15)19)16-9-10/h3-4,9,11H,5-8H2,1-2H3,(H2,15,19). The zero-order valence-electron chi connectivity index (χ0n) is 11.9. The predicted molar refractivity (Wildman–Crippen MR) is 75.4 cm³/mol. The van der Waals surface area contributed by atoms with Crippen LogP contribution in [0.5, 0.6) is 0 Å². The first-order valence-electron chi connectivity index (χ1n) is 6.70. The number of likely N-dealkylation sites (tertiary alicyclic amines) is 1. The van der Waals surface area contributed by atoms with Crippen molar-refractivity contribution in [2.75, 3.05) is 27.2 Å². The van der Waals surface area contributed by atoms with Crippen molar-refractivity contribution in [3.8, 4) is 0 Å². The molecule has 108 valence electrons. The highest BCUT2D eigenvalue weighted by molar-refractivity contribution is 5.95. The van der Waals surface area contributed by atoms with E-state index in [4.69, 9.17) is 5.73 Å². The molecule has 0 aliphatic carbocycles. The highest BCUT2D eigenvalue weighted by Crippen LogP contribution is 2.16. The minimum absolute atomic E-state index is 0.0666. The van der Waals surface area contributed by atoms with Crippen LogP contribution >= 0.6 is 0 Å². The van der Waals surface area contributed by atoms with Crippen LogP contribution < -0.4 is 5.73 Å². The quantitative estimate of drug-likeness (QED) is 0.863. The van der Waals surface area contributed by atoms with Crippen molar-refractivity contribution < 1.29 is 9.59 Å². The molecule has 1 fully saturated rings. The smallest absolute Gasteiger partial charge is 0.267 e. The number of nitrogens with zero attached hydrogens (tertiary/aromatic N) is 3. The Labute approximate surface area is 118 Å². The minimum Gasteiger partial charge on any atom is -0.364 e. The van der Waals surface area contributed by atoms with Gasteiger partial charge in [-0.2, -0.15) is 0 Å². The maximum atomic E-state index is 12.4. The van der Waals surface area contributed by atoms with Crippen molar-refractivity contribution in [3.63, 3.8) is 0 Å². The largest absolute Gasteiger partial charge is 0.364 e. The van der Waals surface area contributed by atoms with E-state index in [2.05, 4.69) is 16.9 Å². The van der Waals surface area contributed by atoms with Crippen LogP contribution in [0.1, 0.15) is 33.7 Å². The van der Waals surface area contributed by atoms with Crippen LogP contribution in [0, 0.1) is 0 Å². The second-order valence-corrected chi connectivity index (χ2v) is 5.25. The van der Waals surface area contributed by atoms with Crippen LogP contribution in [0.2, 0.25) is 0 Å². The Hall–Kier alpha value is -1.95. The number of piperidine rings is 1.